The maximum absolute atomic E-state index is 13.7. The van der Waals surface area contributed by atoms with Crippen molar-refractivity contribution in [3.05, 3.63) is 144 Å². The Morgan fingerprint density at radius 3 is 1.21 bits per heavy atom. The second kappa shape index (κ2) is 19.8. The summed E-state index contributed by atoms with van der Waals surface area (Å²) in [4.78, 5) is 32.3. The molecule has 62 heavy (non-hydrogen) atoms. The van der Waals surface area contributed by atoms with Crippen molar-refractivity contribution in [1.29, 1.82) is 0 Å². The molecule has 6 fully saturated rings. The number of carbonyl (C=O) groups excluding carboxylic acids is 2. The number of hydrogen-bond donors (Lipinski definition) is 1. The van der Waals surface area contributed by atoms with Gasteiger partial charge in [0, 0.05) is 48.8 Å². The van der Waals surface area contributed by atoms with E-state index in [1.165, 1.54) is 51.4 Å². The SMILES string of the molecule is CBr.CBr.CN1C2CCC1(C1CC1)CC(OC(=O)C(C)(c1ccccc1)c1ccccc1)C2.CN1C2CCC1(C1CC1)CC(OC(=O)C(O)(c1ccccc1)c1ccccc1)C2. The zero-order chi connectivity index (χ0) is 44.1. The van der Waals surface area contributed by atoms with Gasteiger partial charge in [-0.25, -0.2) is 4.79 Å². The van der Waals surface area contributed by atoms with Crippen LogP contribution in [0.15, 0.2) is 121 Å². The lowest BCUT2D eigenvalue weighted by Gasteiger charge is -2.46. The molecule has 10 rings (SSSR count). The largest absolute Gasteiger partial charge is 0.461 e. The van der Waals surface area contributed by atoms with Gasteiger partial charge in [0.2, 0.25) is 5.60 Å². The maximum Gasteiger partial charge on any atom is 0.347 e. The van der Waals surface area contributed by atoms with Gasteiger partial charge in [0.15, 0.2) is 0 Å². The molecule has 4 aromatic rings. The molecule has 6 atom stereocenters. The highest BCUT2D eigenvalue weighted by molar-refractivity contribution is 9.09. The first-order valence-electron chi connectivity index (χ1n) is 22.7. The molecule has 6 aliphatic rings. The molecule has 2 aliphatic carbocycles. The first kappa shape index (κ1) is 46.6. The lowest BCUT2D eigenvalue weighted by Crippen LogP contribution is -2.55. The average molecular weight is 971 g/mol. The van der Waals surface area contributed by atoms with Crippen molar-refractivity contribution in [1.82, 2.24) is 9.80 Å². The Morgan fingerprint density at radius 2 is 0.871 bits per heavy atom. The molecule has 4 aromatic carbocycles. The molecule has 0 radical (unpaired) electrons. The number of fused-ring (bicyclic) bond motifs is 4. The molecule has 4 heterocycles. The van der Waals surface area contributed by atoms with Gasteiger partial charge >= 0.3 is 11.9 Å². The number of aliphatic hydroxyl groups is 1. The van der Waals surface area contributed by atoms with Crippen LogP contribution in [0.1, 0.15) is 106 Å². The normalized spacial score (nSPS) is 27.9. The molecule has 4 aliphatic heterocycles. The van der Waals surface area contributed by atoms with Crippen molar-refractivity contribution >= 4 is 43.8 Å². The summed E-state index contributed by atoms with van der Waals surface area (Å²) >= 11 is 5.88. The van der Waals surface area contributed by atoms with Crippen LogP contribution in [-0.4, -0.2) is 88.0 Å². The summed E-state index contributed by atoms with van der Waals surface area (Å²) in [5, 5.41) is 11.7. The van der Waals surface area contributed by atoms with Gasteiger partial charge in [0.1, 0.15) is 17.6 Å². The van der Waals surface area contributed by atoms with E-state index >= 15 is 0 Å². The summed E-state index contributed by atoms with van der Waals surface area (Å²) in [6, 6.07) is 39.5. The van der Waals surface area contributed by atoms with Crippen molar-refractivity contribution < 1.29 is 24.2 Å². The number of esters is 2. The number of rotatable bonds is 10. The van der Waals surface area contributed by atoms with Crippen LogP contribution in [-0.2, 0) is 30.1 Å². The Balaban J connectivity index is 0.000000173. The van der Waals surface area contributed by atoms with Crippen LogP contribution in [0.25, 0.3) is 0 Å². The van der Waals surface area contributed by atoms with E-state index in [4.69, 9.17) is 9.47 Å². The number of piperidine rings is 2. The minimum absolute atomic E-state index is 0.0264. The summed E-state index contributed by atoms with van der Waals surface area (Å²) in [7, 11) is 4.55. The third-order valence-corrected chi connectivity index (χ3v) is 15.6. The Labute approximate surface area is 387 Å². The maximum atomic E-state index is 13.7. The van der Waals surface area contributed by atoms with Gasteiger partial charge in [-0.2, -0.15) is 0 Å². The van der Waals surface area contributed by atoms with E-state index in [-0.39, 0.29) is 29.3 Å². The number of carbonyl (C=O) groups is 2. The molecular weight excluding hydrogens is 904 g/mol. The van der Waals surface area contributed by atoms with E-state index in [0.29, 0.717) is 23.2 Å². The fourth-order valence-corrected chi connectivity index (χ4v) is 11.9. The zero-order valence-electron chi connectivity index (χ0n) is 37.2. The van der Waals surface area contributed by atoms with Gasteiger partial charge in [-0.05, 0) is 118 Å². The number of ether oxygens (including phenoxy) is 2. The Morgan fingerprint density at radius 1 is 0.548 bits per heavy atom. The van der Waals surface area contributed by atoms with E-state index in [1.54, 1.807) is 24.3 Å². The minimum atomic E-state index is -1.79. The van der Waals surface area contributed by atoms with Crippen molar-refractivity contribution in [2.45, 2.75) is 130 Å². The predicted molar refractivity (Wildman–Crippen MR) is 256 cm³/mol. The molecule has 4 bridgehead atoms. The quantitative estimate of drug-likeness (QED) is 0.125. The predicted octanol–water partition coefficient (Wildman–Crippen LogP) is 10.8. The van der Waals surface area contributed by atoms with Crippen LogP contribution in [0.3, 0.4) is 0 Å². The van der Waals surface area contributed by atoms with Crippen LogP contribution in [0.4, 0.5) is 0 Å². The Hall–Kier alpha value is -3.34. The first-order chi connectivity index (χ1) is 30.1. The van der Waals surface area contributed by atoms with Gasteiger partial charge in [-0.3, -0.25) is 14.6 Å². The summed E-state index contributed by atoms with van der Waals surface area (Å²) in [6.45, 7) is 2.01. The first-order valence-corrected chi connectivity index (χ1v) is 25.8. The fourth-order valence-electron chi connectivity index (χ4n) is 11.9. The molecule has 332 valence electrons. The highest BCUT2D eigenvalue weighted by Crippen LogP contribution is 2.57. The molecule has 1 N–H and O–H groups in total. The van der Waals surface area contributed by atoms with Crippen LogP contribution in [0.2, 0.25) is 0 Å². The van der Waals surface area contributed by atoms with E-state index in [9.17, 15) is 14.7 Å². The Bertz CT molecular complexity index is 1840. The smallest absolute Gasteiger partial charge is 0.347 e. The topological polar surface area (TPSA) is 79.3 Å². The van der Waals surface area contributed by atoms with Crippen LogP contribution < -0.4 is 0 Å². The molecule has 9 heteroatoms. The van der Waals surface area contributed by atoms with Crippen LogP contribution in [0, 0.1) is 11.8 Å². The van der Waals surface area contributed by atoms with Gasteiger partial charge < -0.3 is 14.6 Å². The number of halogens is 2. The lowest BCUT2D eigenvalue weighted by atomic mass is 9.76. The minimum Gasteiger partial charge on any atom is -0.461 e. The van der Waals surface area contributed by atoms with Gasteiger partial charge in [-0.1, -0.05) is 153 Å². The number of hydrogen-bond acceptors (Lipinski definition) is 7. The highest BCUT2D eigenvalue weighted by atomic mass is 79.9. The molecule has 4 saturated heterocycles. The molecule has 2 saturated carbocycles. The van der Waals surface area contributed by atoms with E-state index in [0.717, 1.165) is 48.6 Å². The zero-order valence-corrected chi connectivity index (χ0v) is 40.4. The standard InChI is InChI=1S/C26H31NO2.C25H29NO3.2CH3Br/c1-25(19-9-5-3-6-10-19,20-11-7-4-8-12-20)24(28)29-23-17-22-15-16-26(18-23,27(22)2)21-13-14-21;1-26-21-14-15-24(26,18-12-13-18)17-22(16-21)29-23(27)25(28,19-8-4-2-5-9-19)20-10-6-3-7-11-20;2*1-2/h3-12,21-23H,13-18H2,1-2H3;2-11,18,21-22,28H,12-17H2,1H3;2*1H3. The van der Waals surface area contributed by atoms with Gasteiger partial charge in [0.05, 0.1) is 0 Å². The lowest BCUT2D eigenvalue weighted by molar-refractivity contribution is -0.173. The average Bonchev–Trinajstić information content (AvgIpc) is 4.26. The van der Waals surface area contributed by atoms with Crippen molar-refractivity contribution in [3.63, 3.8) is 0 Å². The van der Waals surface area contributed by atoms with Crippen molar-refractivity contribution in [2.24, 2.45) is 11.8 Å². The number of benzene rings is 4. The summed E-state index contributed by atoms with van der Waals surface area (Å²) in [5.74, 6) is 4.49. The second-order valence-electron chi connectivity index (χ2n) is 18.6. The molecule has 0 amide bonds. The monoisotopic (exact) mass is 968 g/mol. The van der Waals surface area contributed by atoms with Crippen molar-refractivity contribution in [2.75, 3.05) is 25.8 Å². The van der Waals surface area contributed by atoms with Crippen LogP contribution in [0.5, 0.6) is 0 Å². The highest BCUT2D eigenvalue weighted by Gasteiger charge is 2.59. The third kappa shape index (κ3) is 8.87. The van der Waals surface area contributed by atoms with Gasteiger partial charge in [-0.15, -0.1) is 0 Å². The molecular formula is C53H66Br2N2O5. The number of alkyl halides is 2. The molecule has 7 nitrogen and oxygen atoms in total. The summed E-state index contributed by atoms with van der Waals surface area (Å²) in [6.07, 6.45) is 13.7. The van der Waals surface area contributed by atoms with Gasteiger partial charge in [0.25, 0.3) is 0 Å². The fraction of sp³-hybridized carbons (Fsp3) is 0.509. The van der Waals surface area contributed by atoms with E-state index in [1.807, 2.05) is 116 Å². The molecule has 0 aromatic heterocycles. The second-order valence-corrected chi connectivity index (χ2v) is 18.6. The summed E-state index contributed by atoms with van der Waals surface area (Å²) < 4.78 is 12.4. The third-order valence-electron chi connectivity index (χ3n) is 15.6. The van der Waals surface area contributed by atoms with E-state index in [2.05, 4.69) is 55.8 Å². The molecule has 6 unspecified atom stereocenters. The summed E-state index contributed by atoms with van der Waals surface area (Å²) in [5.41, 5.74) is 0.936. The number of nitrogens with zero attached hydrogens (tertiary/aromatic N) is 2. The van der Waals surface area contributed by atoms with Crippen LogP contribution >= 0.6 is 31.9 Å². The Kier molecular flexibility index (Phi) is 14.9. The molecule has 0 spiro atoms. The van der Waals surface area contributed by atoms with Crippen molar-refractivity contribution in [3.8, 4) is 0 Å². The van der Waals surface area contributed by atoms with E-state index < -0.39 is 17.0 Å².